The van der Waals surface area contributed by atoms with Gasteiger partial charge in [0.25, 0.3) is 5.91 Å². The smallest absolute Gasteiger partial charge is 0.272 e. The van der Waals surface area contributed by atoms with Gasteiger partial charge in [-0.2, -0.15) is 5.10 Å². The van der Waals surface area contributed by atoms with E-state index in [1.165, 1.54) is 0 Å². The molecule has 21 heavy (non-hydrogen) atoms. The predicted molar refractivity (Wildman–Crippen MR) is 81.9 cm³/mol. The van der Waals surface area contributed by atoms with E-state index in [4.69, 9.17) is 11.6 Å². The van der Waals surface area contributed by atoms with Gasteiger partial charge < -0.3 is 10.6 Å². The average Bonchev–Trinajstić information content (AvgIpc) is 2.98. The Morgan fingerprint density at radius 1 is 1.33 bits per heavy atom. The number of piperidine rings is 1. The summed E-state index contributed by atoms with van der Waals surface area (Å²) < 4.78 is 1.66. The van der Waals surface area contributed by atoms with Gasteiger partial charge in [0.2, 0.25) is 0 Å². The molecule has 0 atom stereocenters. The molecule has 110 valence electrons. The van der Waals surface area contributed by atoms with E-state index in [-0.39, 0.29) is 11.9 Å². The van der Waals surface area contributed by atoms with Crippen LogP contribution in [-0.4, -0.2) is 34.8 Å². The Balaban J connectivity index is 1.70. The lowest BCUT2D eigenvalue weighted by Gasteiger charge is -2.23. The highest BCUT2D eigenvalue weighted by Gasteiger charge is 2.18. The van der Waals surface area contributed by atoms with Gasteiger partial charge in [0.1, 0.15) is 0 Å². The molecule has 1 fully saturated rings. The summed E-state index contributed by atoms with van der Waals surface area (Å²) in [5.74, 6) is -0.123. The molecule has 1 aromatic heterocycles. The molecule has 2 aromatic rings. The monoisotopic (exact) mass is 304 g/mol. The van der Waals surface area contributed by atoms with Gasteiger partial charge in [-0.3, -0.25) is 4.79 Å². The molecule has 1 aliphatic heterocycles. The lowest BCUT2D eigenvalue weighted by Crippen LogP contribution is -2.42. The van der Waals surface area contributed by atoms with Crippen LogP contribution < -0.4 is 10.6 Å². The molecule has 0 radical (unpaired) electrons. The van der Waals surface area contributed by atoms with Crippen molar-refractivity contribution in [2.75, 3.05) is 13.1 Å². The molecule has 5 nitrogen and oxygen atoms in total. The topological polar surface area (TPSA) is 59.0 Å². The summed E-state index contributed by atoms with van der Waals surface area (Å²) in [5, 5.41) is 11.3. The van der Waals surface area contributed by atoms with Crippen molar-refractivity contribution in [1.82, 2.24) is 20.4 Å². The third kappa shape index (κ3) is 3.43. The summed E-state index contributed by atoms with van der Waals surface area (Å²) >= 11 is 5.97. The van der Waals surface area contributed by atoms with Crippen molar-refractivity contribution in [2.24, 2.45) is 0 Å². The Hall–Kier alpha value is -1.85. The second kappa shape index (κ2) is 6.28. The van der Waals surface area contributed by atoms with Gasteiger partial charge in [0.15, 0.2) is 5.69 Å². The van der Waals surface area contributed by atoms with Crippen LogP contribution in [0.4, 0.5) is 0 Å². The number of halogens is 1. The molecular weight excluding hydrogens is 288 g/mol. The number of carbonyl (C=O) groups is 1. The number of hydrogen-bond acceptors (Lipinski definition) is 3. The summed E-state index contributed by atoms with van der Waals surface area (Å²) in [4.78, 5) is 12.2. The van der Waals surface area contributed by atoms with Crippen molar-refractivity contribution in [1.29, 1.82) is 0 Å². The zero-order valence-corrected chi connectivity index (χ0v) is 12.3. The Morgan fingerprint density at radius 2 is 2.14 bits per heavy atom. The zero-order valence-electron chi connectivity index (χ0n) is 11.6. The minimum atomic E-state index is -0.123. The minimum absolute atomic E-state index is 0.123. The van der Waals surface area contributed by atoms with Gasteiger partial charge in [-0.1, -0.05) is 17.7 Å². The van der Waals surface area contributed by atoms with Crippen LogP contribution in [-0.2, 0) is 0 Å². The Bertz CT molecular complexity index is 634. The van der Waals surface area contributed by atoms with Crippen LogP contribution in [0.3, 0.4) is 0 Å². The molecule has 0 unspecified atom stereocenters. The van der Waals surface area contributed by atoms with E-state index in [2.05, 4.69) is 15.7 Å². The molecule has 2 heterocycles. The highest BCUT2D eigenvalue weighted by atomic mass is 35.5. The molecule has 1 saturated heterocycles. The Labute approximate surface area is 128 Å². The number of carbonyl (C=O) groups excluding carboxylic acids is 1. The van der Waals surface area contributed by atoms with Gasteiger partial charge in [0.05, 0.1) is 5.69 Å². The highest BCUT2D eigenvalue weighted by molar-refractivity contribution is 6.30. The second-order valence-electron chi connectivity index (χ2n) is 5.12. The Kier molecular flexibility index (Phi) is 4.22. The first kappa shape index (κ1) is 14.1. The van der Waals surface area contributed by atoms with E-state index < -0.39 is 0 Å². The maximum absolute atomic E-state index is 12.2. The fourth-order valence-corrected chi connectivity index (χ4v) is 2.62. The van der Waals surface area contributed by atoms with Crippen LogP contribution in [0.1, 0.15) is 23.3 Å². The molecule has 3 rings (SSSR count). The third-order valence-electron chi connectivity index (χ3n) is 3.57. The third-order valence-corrected chi connectivity index (χ3v) is 3.80. The summed E-state index contributed by atoms with van der Waals surface area (Å²) in [5.41, 5.74) is 1.26. The Morgan fingerprint density at radius 3 is 2.90 bits per heavy atom. The summed E-state index contributed by atoms with van der Waals surface area (Å²) in [6.45, 7) is 1.89. The zero-order chi connectivity index (χ0) is 14.7. The van der Waals surface area contributed by atoms with Gasteiger partial charge in [-0.25, -0.2) is 4.68 Å². The maximum atomic E-state index is 12.2. The number of nitrogens with zero attached hydrogens (tertiary/aromatic N) is 2. The molecule has 0 spiro atoms. The molecular formula is C15H17ClN4O. The highest BCUT2D eigenvalue weighted by Crippen LogP contribution is 2.14. The molecule has 6 heteroatoms. The van der Waals surface area contributed by atoms with Crippen molar-refractivity contribution in [3.8, 4) is 5.69 Å². The molecule has 0 bridgehead atoms. The standard InChI is InChI=1S/C15H17ClN4O/c16-11-2-1-3-13(10-11)20-9-6-14(19-20)15(21)18-12-4-7-17-8-5-12/h1-3,6,9-10,12,17H,4-5,7-8H2,(H,18,21). The molecule has 1 aromatic carbocycles. The fourth-order valence-electron chi connectivity index (χ4n) is 2.43. The largest absolute Gasteiger partial charge is 0.348 e. The molecule has 1 aliphatic rings. The number of hydrogen-bond donors (Lipinski definition) is 2. The van der Waals surface area contributed by atoms with Crippen molar-refractivity contribution in [3.63, 3.8) is 0 Å². The second-order valence-corrected chi connectivity index (χ2v) is 5.56. The van der Waals surface area contributed by atoms with Crippen LogP contribution in [0.15, 0.2) is 36.5 Å². The number of aromatic nitrogens is 2. The van der Waals surface area contributed by atoms with Crippen LogP contribution in [0.2, 0.25) is 5.02 Å². The SMILES string of the molecule is O=C(NC1CCNCC1)c1ccn(-c2cccc(Cl)c2)n1. The van der Waals surface area contributed by atoms with E-state index in [1.807, 2.05) is 18.2 Å². The van der Waals surface area contributed by atoms with Crippen LogP contribution in [0, 0.1) is 0 Å². The number of nitrogens with one attached hydrogen (secondary N) is 2. The molecule has 0 saturated carbocycles. The van der Waals surface area contributed by atoms with E-state index >= 15 is 0 Å². The quantitative estimate of drug-likeness (QED) is 0.912. The van der Waals surface area contributed by atoms with E-state index in [9.17, 15) is 4.79 Å². The predicted octanol–water partition coefficient (Wildman–Crippen LogP) is 2.01. The van der Waals surface area contributed by atoms with Crippen LogP contribution in [0.25, 0.3) is 5.69 Å². The minimum Gasteiger partial charge on any atom is -0.348 e. The first-order chi connectivity index (χ1) is 10.2. The maximum Gasteiger partial charge on any atom is 0.272 e. The van der Waals surface area contributed by atoms with Gasteiger partial charge in [0, 0.05) is 17.3 Å². The van der Waals surface area contributed by atoms with Gasteiger partial charge >= 0.3 is 0 Å². The van der Waals surface area contributed by atoms with E-state index in [1.54, 1.807) is 23.0 Å². The van der Waals surface area contributed by atoms with E-state index in [0.29, 0.717) is 10.7 Å². The van der Waals surface area contributed by atoms with Gasteiger partial charge in [-0.05, 0) is 50.2 Å². The van der Waals surface area contributed by atoms with Crippen LogP contribution >= 0.6 is 11.6 Å². The van der Waals surface area contributed by atoms with Crippen molar-refractivity contribution in [3.05, 3.63) is 47.2 Å². The number of rotatable bonds is 3. The van der Waals surface area contributed by atoms with Crippen molar-refractivity contribution in [2.45, 2.75) is 18.9 Å². The molecule has 2 N–H and O–H groups in total. The normalized spacial score (nSPS) is 15.9. The van der Waals surface area contributed by atoms with Gasteiger partial charge in [-0.15, -0.1) is 0 Å². The summed E-state index contributed by atoms with van der Waals surface area (Å²) in [6, 6.07) is 9.32. The first-order valence-corrected chi connectivity index (χ1v) is 7.43. The van der Waals surface area contributed by atoms with E-state index in [0.717, 1.165) is 31.6 Å². The van der Waals surface area contributed by atoms with Crippen molar-refractivity contribution >= 4 is 17.5 Å². The fraction of sp³-hybridized carbons (Fsp3) is 0.333. The first-order valence-electron chi connectivity index (χ1n) is 7.05. The molecule has 1 amide bonds. The number of benzene rings is 1. The lowest BCUT2D eigenvalue weighted by molar-refractivity contribution is 0.0924. The average molecular weight is 305 g/mol. The summed E-state index contributed by atoms with van der Waals surface area (Å²) in [6.07, 6.45) is 3.69. The lowest BCUT2D eigenvalue weighted by atomic mass is 10.1. The summed E-state index contributed by atoms with van der Waals surface area (Å²) in [7, 11) is 0. The molecule has 0 aliphatic carbocycles. The van der Waals surface area contributed by atoms with Crippen molar-refractivity contribution < 1.29 is 4.79 Å². The number of amides is 1. The van der Waals surface area contributed by atoms with Crippen LogP contribution in [0.5, 0.6) is 0 Å².